The molecule has 3 saturated heterocycles. The first-order valence-electron chi connectivity index (χ1n) is 15.0. The van der Waals surface area contributed by atoms with Crippen molar-refractivity contribution in [3.8, 4) is 5.75 Å². The summed E-state index contributed by atoms with van der Waals surface area (Å²) in [5, 5.41) is 19.9. The van der Waals surface area contributed by atoms with Gasteiger partial charge in [-0.2, -0.15) is 0 Å². The number of rotatable bonds is 8. The molecule has 2 amide bonds. The summed E-state index contributed by atoms with van der Waals surface area (Å²) in [6.45, 7) is 5.02. The standard InChI is InChI=1S/C34H40N2O5/c1-22(17-23-8-10-27(38)11-9-23)7-12-30-31-25(20-37)18-28-32(29(31)21-41-30)34(40)36(33(28)39)26-13-15-35(16-14-26)19-24-5-3-2-4-6-24/h2-6,8-11,17,26,28-30,32,37-38H,7,12-16,18-21H2,1H3/b22-17+/t28-,29+,30-,32-/m1/s1. The maximum Gasteiger partial charge on any atom is 0.234 e. The zero-order valence-corrected chi connectivity index (χ0v) is 23.7. The lowest BCUT2D eigenvalue weighted by molar-refractivity contribution is -0.144. The molecule has 6 rings (SSSR count). The molecule has 2 N–H and O–H groups in total. The summed E-state index contributed by atoms with van der Waals surface area (Å²) < 4.78 is 6.27. The summed E-state index contributed by atoms with van der Waals surface area (Å²) in [5.74, 6) is -0.748. The molecule has 0 saturated carbocycles. The Morgan fingerprint density at radius 2 is 1.73 bits per heavy atom. The highest BCUT2D eigenvalue weighted by atomic mass is 16.5. The van der Waals surface area contributed by atoms with E-state index in [1.165, 1.54) is 11.1 Å². The molecule has 0 bridgehead atoms. The lowest BCUT2D eigenvalue weighted by Gasteiger charge is -2.36. The number of allylic oxidation sites excluding steroid dienone is 1. The minimum atomic E-state index is -0.390. The highest BCUT2D eigenvalue weighted by molar-refractivity contribution is 6.06. The normalized spacial score (nSPS) is 27.5. The maximum absolute atomic E-state index is 13.9. The predicted molar refractivity (Wildman–Crippen MR) is 157 cm³/mol. The van der Waals surface area contributed by atoms with E-state index in [-0.39, 0.29) is 54.1 Å². The summed E-state index contributed by atoms with van der Waals surface area (Å²) in [5.41, 5.74) is 5.45. The summed E-state index contributed by atoms with van der Waals surface area (Å²) in [6, 6.07) is 17.5. The number of aliphatic hydroxyl groups is 1. The van der Waals surface area contributed by atoms with Crippen molar-refractivity contribution in [3.63, 3.8) is 0 Å². The second-order valence-corrected chi connectivity index (χ2v) is 12.1. The fourth-order valence-corrected chi connectivity index (χ4v) is 7.47. The molecule has 3 aliphatic heterocycles. The Balaban J connectivity index is 1.11. The number of ether oxygens (including phenoxy) is 1. The molecule has 41 heavy (non-hydrogen) atoms. The quantitative estimate of drug-likeness (QED) is 0.366. The van der Waals surface area contributed by atoms with Crippen LogP contribution in [0.15, 0.2) is 71.3 Å². The SMILES string of the molecule is C/C(=C\c1ccc(O)cc1)CC[C@H]1OC[C@H]2C1=C(CO)C[C@H]1C(=O)N(C3CCN(Cc4ccccc4)CC3)C(=O)[C@H]12. The lowest BCUT2D eigenvalue weighted by atomic mass is 9.69. The zero-order chi connectivity index (χ0) is 28.5. The van der Waals surface area contributed by atoms with Gasteiger partial charge in [-0.05, 0) is 73.4 Å². The van der Waals surface area contributed by atoms with Gasteiger partial charge in [0.25, 0.3) is 0 Å². The van der Waals surface area contributed by atoms with Gasteiger partial charge < -0.3 is 14.9 Å². The highest BCUT2D eigenvalue weighted by Crippen LogP contribution is 2.50. The van der Waals surface area contributed by atoms with E-state index in [0.29, 0.717) is 13.0 Å². The number of aromatic hydroxyl groups is 1. The third-order valence-electron chi connectivity index (χ3n) is 9.51. The minimum absolute atomic E-state index is 0.0337. The van der Waals surface area contributed by atoms with Crippen LogP contribution in [0.3, 0.4) is 0 Å². The predicted octanol–water partition coefficient (Wildman–Crippen LogP) is 4.55. The van der Waals surface area contributed by atoms with Gasteiger partial charge in [0.1, 0.15) is 5.75 Å². The van der Waals surface area contributed by atoms with Crippen LogP contribution in [0.5, 0.6) is 5.75 Å². The molecular weight excluding hydrogens is 516 g/mol. The number of phenolic OH excluding ortho intramolecular Hbond substituents is 1. The van der Waals surface area contributed by atoms with Crippen molar-refractivity contribution >= 4 is 17.9 Å². The van der Waals surface area contributed by atoms with Gasteiger partial charge in [0.05, 0.1) is 31.2 Å². The van der Waals surface area contributed by atoms with E-state index in [2.05, 4.69) is 42.2 Å². The molecule has 2 aromatic rings. The van der Waals surface area contributed by atoms with Crippen molar-refractivity contribution in [2.45, 2.75) is 57.7 Å². The van der Waals surface area contributed by atoms with Crippen LogP contribution in [0, 0.1) is 17.8 Å². The molecule has 0 aromatic heterocycles. The first-order valence-corrected chi connectivity index (χ1v) is 15.0. The van der Waals surface area contributed by atoms with E-state index in [4.69, 9.17) is 4.74 Å². The molecule has 7 nitrogen and oxygen atoms in total. The average Bonchev–Trinajstić information content (AvgIpc) is 3.52. The maximum atomic E-state index is 13.9. The van der Waals surface area contributed by atoms with Crippen molar-refractivity contribution in [2.75, 3.05) is 26.3 Å². The van der Waals surface area contributed by atoms with E-state index < -0.39 is 0 Å². The third kappa shape index (κ3) is 5.63. The van der Waals surface area contributed by atoms with E-state index >= 15 is 0 Å². The molecule has 216 valence electrons. The minimum Gasteiger partial charge on any atom is -0.508 e. The van der Waals surface area contributed by atoms with E-state index in [1.807, 2.05) is 18.2 Å². The van der Waals surface area contributed by atoms with Crippen molar-refractivity contribution < 1.29 is 24.5 Å². The summed E-state index contributed by atoms with van der Waals surface area (Å²) >= 11 is 0. The van der Waals surface area contributed by atoms with Crippen molar-refractivity contribution in [2.24, 2.45) is 17.8 Å². The number of benzene rings is 2. The fourth-order valence-electron chi connectivity index (χ4n) is 7.47. The van der Waals surface area contributed by atoms with Gasteiger partial charge in [-0.15, -0.1) is 0 Å². The Morgan fingerprint density at radius 3 is 2.44 bits per heavy atom. The Hall–Kier alpha value is -3.26. The van der Waals surface area contributed by atoms with Gasteiger partial charge in [0.2, 0.25) is 11.8 Å². The summed E-state index contributed by atoms with van der Waals surface area (Å²) in [4.78, 5) is 31.6. The van der Waals surface area contributed by atoms with Gasteiger partial charge in [0.15, 0.2) is 0 Å². The molecule has 3 fully saturated rings. The Labute approximate surface area is 242 Å². The van der Waals surface area contributed by atoms with Crippen molar-refractivity contribution in [1.29, 1.82) is 0 Å². The second kappa shape index (κ2) is 11.9. The molecule has 0 radical (unpaired) electrons. The van der Waals surface area contributed by atoms with Gasteiger partial charge in [-0.25, -0.2) is 0 Å². The monoisotopic (exact) mass is 556 g/mol. The third-order valence-corrected chi connectivity index (χ3v) is 9.51. The number of hydrogen-bond donors (Lipinski definition) is 2. The number of hydrogen-bond acceptors (Lipinski definition) is 6. The number of phenols is 1. The van der Waals surface area contributed by atoms with Crippen LogP contribution in [0.4, 0.5) is 0 Å². The number of carbonyl (C=O) groups excluding carboxylic acids is 2. The van der Waals surface area contributed by atoms with Crippen LogP contribution in [-0.2, 0) is 20.9 Å². The van der Waals surface area contributed by atoms with Crippen LogP contribution in [-0.4, -0.2) is 70.3 Å². The number of aliphatic hydroxyl groups excluding tert-OH is 1. The topological polar surface area (TPSA) is 90.3 Å². The van der Waals surface area contributed by atoms with Crippen molar-refractivity contribution in [1.82, 2.24) is 9.80 Å². The van der Waals surface area contributed by atoms with Gasteiger partial charge >= 0.3 is 0 Å². The Morgan fingerprint density at radius 1 is 1.00 bits per heavy atom. The lowest BCUT2D eigenvalue weighted by Crippen LogP contribution is -2.47. The Bertz CT molecular complexity index is 1330. The Kier molecular flexibility index (Phi) is 8.11. The largest absolute Gasteiger partial charge is 0.508 e. The van der Waals surface area contributed by atoms with Crippen molar-refractivity contribution in [3.05, 3.63) is 82.4 Å². The number of carbonyl (C=O) groups is 2. The number of piperidine rings is 1. The van der Waals surface area contributed by atoms with Crippen LogP contribution in [0.2, 0.25) is 0 Å². The molecule has 7 heteroatoms. The molecule has 2 aromatic carbocycles. The van der Waals surface area contributed by atoms with E-state index in [0.717, 1.165) is 62.0 Å². The smallest absolute Gasteiger partial charge is 0.234 e. The average molecular weight is 557 g/mol. The molecule has 0 spiro atoms. The summed E-state index contributed by atoms with van der Waals surface area (Å²) in [7, 11) is 0. The first kappa shape index (κ1) is 27.9. The van der Waals surface area contributed by atoms with Crippen LogP contribution in [0.1, 0.15) is 50.2 Å². The van der Waals surface area contributed by atoms with Gasteiger partial charge in [-0.3, -0.25) is 19.4 Å². The van der Waals surface area contributed by atoms with Crippen LogP contribution >= 0.6 is 0 Å². The number of amides is 2. The molecule has 4 aliphatic rings. The van der Waals surface area contributed by atoms with E-state index in [1.54, 1.807) is 17.0 Å². The molecular formula is C34H40N2O5. The van der Waals surface area contributed by atoms with Crippen LogP contribution < -0.4 is 0 Å². The first-order chi connectivity index (χ1) is 19.9. The number of fused-ring (bicyclic) bond motifs is 3. The molecule has 0 unspecified atom stereocenters. The molecule has 3 heterocycles. The molecule has 4 atom stereocenters. The highest BCUT2D eigenvalue weighted by Gasteiger charge is 2.58. The van der Waals surface area contributed by atoms with Crippen LogP contribution in [0.25, 0.3) is 6.08 Å². The van der Waals surface area contributed by atoms with E-state index in [9.17, 15) is 19.8 Å². The molecule has 1 aliphatic carbocycles. The second-order valence-electron chi connectivity index (χ2n) is 12.1. The fraction of sp³-hybridized carbons (Fsp3) is 0.471. The van der Waals surface area contributed by atoms with Gasteiger partial charge in [-0.1, -0.05) is 54.1 Å². The number of nitrogens with zero attached hydrogens (tertiary/aromatic N) is 2. The number of imide groups is 1. The van der Waals surface area contributed by atoms with Gasteiger partial charge in [0, 0.05) is 31.6 Å². The summed E-state index contributed by atoms with van der Waals surface area (Å²) in [6.07, 6.45) is 5.58. The number of likely N-dealkylation sites (tertiary alicyclic amines) is 2. The zero-order valence-electron chi connectivity index (χ0n) is 23.7.